The highest BCUT2D eigenvalue weighted by atomic mass is 35.5. The Balaban J connectivity index is 0.00000113. The van der Waals surface area contributed by atoms with E-state index in [1.807, 2.05) is 17.9 Å². The summed E-state index contributed by atoms with van der Waals surface area (Å²) in [6, 6.07) is 3.48. The van der Waals surface area contributed by atoms with E-state index in [2.05, 4.69) is 21.4 Å². The summed E-state index contributed by atoms with van der Waals surface area (Å²) in [5, 5.41) is 7.94. The van der Waals surface area contributed by atoms with Gasteiger partial charge in [-0.25, -0.2) is 0 Å². The van der Waals surface area contributed by atoms with Gasteiger partial charge in [0.1, 0.15) is 0 Å². The van der Waals surface area contributed by atoms with Gasteiger partial charge in [0.25, 0.3) is 0 Å². The second kappa shape index (κ2) is 8.74. The number of carbonyl (C=O) groups is 1. The lowest BCUT2D eigenvalue weighted by atomic mass is 9.88. The van der Waals surface area contributed by atoms with Gasteiger partial charge in [-0.2, -0.15) is 5.10 Å². The first kappa shape index (κ1) is 20.5. The summed E-state index contributed by atoms with van der Waals surface area (Å²) in [6.45, 7) is 1.82. The third kappa shape index (κ3) is 4.50. The molecular weight excluding hydrogens is 359 g/mol. The molecule has 1 amide bonds. The predicted octanol–water partition coefficient (Wildman–Crippen LogP) is 2.89. The molecule has 0 aromatic carbocycles. The summed E-state index contributed by atoms with van der Waals surface area (Å²) >= 11 is 0. The average Bonchev–Trinajstić information content (AvgIpc) is 3.13. The van der Waals surface area contributed by atoms with Crippen LogP contribution in [0.4, 0.5) is 0 Å². The van der Waals surface area contributed by atoms with Crippen LogP contribution < -0.4 is 5.32 Å². The molecule has 1 aromatic rings. The van der Waals surface area contributed by atoms with Crippen molar-refractivity contribution in [2.45, 2.75) is 62.9 Å². The molecule has 4 heterocycles. The van der Waals surface area contributed by atoms with Gasteiger partial charge in [0.15, 0.2) is 0 Å². The van der Waals surface area contributed by atoms with Gasteiger partial charge in [-0.1, -0.05) is 0 Å². The molecule has 3 aliphatic heterocycles. The zero-order valence-electron chi connectivity index (χ0n) is 14.9. The lowest BCUT2D eigenvalue weighted by Gasteiger charge is -2.34. The minimum atomic E-state index is 0. The Bertz CT molecular complexity index is 559. The Labute approximate surface area is 162 Å². The van der Waals surface area contributed by atoms with Crippen LogP contribution in [0.5, 0.6) is 0 Å². The van der Waals surface area contributed by atoms with Gasteiger partial charge in [0.2, 0.25) is 5.91 Å². The maximum Gasteiger partial charge on any atom is 0.222 e. The molecule has 1 aromatic heterocycles. The molecule has 4 rings (SSSR count). The summed E-state index contributed by atoms with van der Waals surface area (Å²) in [4.78, 5) is 14.8. The van der Waals surface area contributed by atoms with E-state index in [1.54, 1.807) is 0 Å². The van der Waals surface area contributed by atoms with Crippen molar-refractivity contribution in [3.63, 3.8) is 0 Å². The molecule has 7 heteroatoms. The molecule has 3 fully saturated rings. The Morgan fingerprint density at radius 1 is 1.16 bits per heavy atom. The van der Waals surface area contributed by atoms with Crippen molar-refractivity contribution in [3.8, 4) is 0 Å². The van der Waals surface area contributed by atoms with Crippen molar-refractivity contribution in [2.24, 2.45) is 13.0 Å². The van der Waals surface area contributed by atoms with Crippen LogP contribution in [0.3, 0.4) is 0 Å². The summed E-state index contributed by atoms with van der Waals surface area (Å²) in [6.07, 6.45) is 9.81. The zero-order chi connectivity index (χ0) is 15.8. The van der Waals surface area contributed by atoms with Crippen LogP contribution in [-0.4, -0.2) is 45.8 Å². The summed E-state index contributed by atoms with van der Waals surface area (Å²) in [7, 11) is 2.01. The molecular formula is C18H30Cl2N4O. The largest absolute Gasteiger partial charge is 0.343 e. The number of piperidine rings is 2. The third-order valence-electron chi connectivity index (χ3n) is 6.16. The second-order valence-electron chi connectivity index (χ2n) is 7.71. The van der Waals surface area contributed by atoms with Crippen LogP contribution in [0.2, 0.25) is 0 Å². The number of rotatable bonds is 3. The van der Waals surface area contributed by atoms with E-state index in [9.17, 15) is 4.79 Å². The fourth-order valence-corrected chi connectivity index (χ4v) is 4.93. The molecule has 5 nitrogen and oxygen atoms in total. The van der Waals surface area contributed by atoms with Crippen molar-refractivity contribution in [1.29, 1.82) is 0 Å². The van der Waals surface area contributed by atoms with E-state index in [4.69, 9.17) is 0 Å². The summed E-state index contributed by atoms with van der Waals surface area (Å²) in [5.74, 6) is 1.55. The molecule has 2 unspecified atom stereocenters. The Hall–Kier alpha value is -0.780. The van der Waals surface area contributed by atoms with E-state index >= 15 is 0 Å². The highest BCUT2D eigenvalue weighted by Crippen LogP contribution is 2.34. The normalized spacial score (nSPS) is 29.0. The average molecular weight is 389 g/mol. The number of likely N-dealkylation sites (tertiary alicyclic amines) is 1. The fraction of sp³-hybridized carbons (Fsp3) is 0.778. The number of aromatic nitrogens is 2. The van der Waals surface area contributed by atoms with Gasteiger partial charge >= 0.3 is 0 Å². The van der Waals surface area contributed by atoms with E-state index in [0.29, 0.717) is 29.8 Å². The number of nitrogens with one attached hydrogen (secondary N) is 1. The Kier molecular flexibility index (Phi) is 7.18. The van der Waals surface area contributed by atoms with Gasteiger partial charge in [0.05, 0.1) is 0 Å². The summed E-state index contributed by atoms with van der Waals surface area (Å²) in [5.41, 5.74) is 1.31. The van der Waals surface area contributed by atoms with Gasteiger partial charge in [-0.15, -0.1) is 24.8 Å². The smallest absolute Gasteiger partial charge is 0.222 e. The monoisotopic (exact) mass is 388 g/mol. The first-order valence-electron chi connectivity index (χ1n) is 9.21. The standard InChI is InChI=1S/C18H28N4O.2ClH/c1-21-17(4-7-19-21)14-5-8-22(9-6-14)18(23)12-13-10-15-2-3-16(11-13)20-15;;/h4,7,13-16,20H,2-3,5-6,8-12H2,1H3;2*1H. The number of carbonyl (C=O) groups excluding carboxylic acids is 1. The highest BCUT2D eigenvalue weighted by molar-refractivity contribution is 5.85. The van der Waals surface area contributed by atoms with E-state index in [1.165, 1.54) is 31.4 Å². The Morgan fingerprint density at radius 3 is 2.36 bits per heavy atom. The van der Waals surface area contributed by atoms with Crippen molar-refractivity contribution in [2.75, 3.05) is 13.1 Å². The fourth-order valence-electron chi connectivity index (χ4n) is 4.93. The van der Waals surface area contributed by atoms with E-state index < -0.39 is 0 Å². The van der Waals surface area contributed by atoms with E-state index in [0.717, 1.165) is 32.4 Å². The molecule has 1 N–H and O–H groups in total. The minimum Gasteiger partial charge on any atom is -0.343 e. The minimum absolute atomic E-state index is 0. The van der Waals surface area contributed by atoms with Crippen molar-refractivity contribution >= 4 is 30.7 Å². The second-order valence-corrected chi connectivity index (χ2v) is 7.71. The summed E-state index contributed by atoms with van der Waals surface area (Å²) < 4.78 is 1.98. The van der Waals surface area contributed by atoms with Crippen molar-refractivity contribution in [3.05, 3.63) is 18.0 Å². The SMILES string of the molecule is Cl.Cl.Cn1nccc1C1CCN(C(=O)CC2CC3CCC(C2)N3)CC1. The van der Waals surface area contributed by atoms with Gasteiger partial charge < -0.3 is 10.2 Å². The molecule has 0 radical (unpaired) electrons. The molecule has 3 aliphatic rings. The van der Waals surface area contributed by atoms with Gasteiger partial charge in [0, 0.05) is 56.5 Å². The maximum absolute atomic E-state index is 12.6. The first-order valence-corrected chi connectivity index (χ1v) is 9.21. The topological polar surface area (TPSA) is 50.2 Å². The maximum atomic E-state index is 12.6. The van der Waals surface area contributed by atoms with Crippen molar-refractivity contribution in [1.82, 2.24) is 20.0 Å². The lowest BCUT2D eigenvalue weighted by molar-refractivity contribution is -0.133. The molecule has 0 spiro atoms. The lowest BCUT2D eigenvalue weighted by Crippen LogP contribution is -2.42. The number of hydrogen-bond acceptors (Lipinski definition) is 3. The number of nitrogens with zero attached hydrogens (tertiary/aromatic N) is 3. The number of halogens is 2. The number of hydrogen-bond donors (Lipinski definition) is 1. The van der Waals surface area contributed by atoms with Crippen LogP contribution in [-0.2, 0) is 11.8 Å². The number of fused-ring (bicyclic) bond motifs is 2. The van der Waals surface area contributed by atoms with Crippen LogP contribution in [0.15, 0.2) is 12.3 Å². The quantitative estimate of drug-likeness (QED) is 0.865. The zero-order valence-corrected chi connectivity index (χ0v) is 16.5. The molecule has 0 saturated carbocycles. The van der Waals surface area contributed by atoms with E-state index in [-0.39, 0.29) is 24.8 Å². The van der Waals surface area contributed by atoms with Crippen LogP contribution in [0, 0.1) is 5.92 Å². The van der Waals surface area contributed by atoms with Gasteiger partial charge in [-0.3, -0.25) is 9.48 Å². The third-order valence-corrected chi connectivity index (χ3v) is 6.16. The molecule has 2 atom stereocenters. The molecule has 142 valence electrons. The van der Waals surface area contributed by atoms with Crippen molar-refractivity contribution < 1.29 is 4.79 Å². The molecule has 25 heavy (non-hydrogen) atoms. The number of aryl methyl sites for hydroxylation is 1. The van der Waals surface area contributed by atoms with Gasteiger partial charge in [-0.05, 0) is 50.5 Å². The van der Waals surface area contributed by atoms with Crippen LogP contribution in [0.1, 0.15) is 56.6 Å². The predicted molar refractivity (Wildman–Crippen MR) is 104 cm³/mol. The van der Waals surface area contributed by atoms with Crippen LogP contribution in [0.25, 0.3) is 0 Å². The molecule has 2 bridgehead atoms. The molecule has 3 saturated heterocycles. The first-order chi connectivity index (χ1) is 11.2. The highest BCUT2D eigenvalue weighted by Gasteiger charge is 2.35. The Morgan fingerprint density at radius 2 is 1.80 bits per heavy atom. The number of amides is 1. The molecule has 0 aliphatic carbocycles. The van der Waals surface area contributed by atoms with Crippen LogP contribution >= 0.6 is 24.8 Å².